The minimum atomic E-state index is 0.0925. The Morgan fingerprint density at radius 2 is 2.31 bits per heavy atom. The van der Waals surface area contributed by atoms with Crippen LogP contribution in [0.4, 0.5) is 5.82 Å². The number of rotatable bonds is 2. The Morgan fingerprint density at radius 1 is 1.50 bits per heavy atom. The molecule has 1 heterocycles. The minimum Gasteiger partial charge on any atom is -0.457 e. The largest absolute Gasteiger partial charge is 0.457 e. The van der Waals surface area contributed by atoms with Gasteiger partial charge in [0, 0.05) is 18.3 Å². The lowest BCUT2D eigenvalue weighted by molar-refractivity contribution is 0.428. The van der Waals surface area contributed by atoms with Gasteiger partial charge in [-0.25, -0.2) is 4.98 Å². The Bertz CT molecular complexity index is 451. The molecule has 1 unspecified atom stereocenters. The smallest absolute Gasteiger partial charge is 0.132 e. The highest BCUT2D eigenvalue weighted by Crippen LogP contribution is 2.23. The van der Waals surface area contributed by atoms with Gasteiger partial charge in [0.15, 0.2) is 0 Å². The van der Waals surface area contributed by atoms with E-state index in [0.717, 1.165) is 17.8 Å². The van der Waals surface area contributed by atoms with Crippen molar-refractivity contribution in [3.8, 4) is 5.75 Å². The fraction of sp³-hybridized carbons (Fsp3) is 0.250. The number of aromatic nitrogens is 1. The molecule has 1 aliphatic rings. The third-order valence-corrected chi connectivity index (χ3v) is 2.41. The predicted octanol–water partition coefficient (Wildman–Crippen LogP) is 1.60. The molecule has 0 amide bonds. The van der Waals surface area contributed by atoms with Crippen molar-refractivity contribution in [1.29, 1.82) is 0 Å². The molecule has 1 aromatic rings. The van der Waals surface area contributed by atoms with E-state index in [-0.39, 0.29) is 6.04 Å². The number of hydrogen-bond acceptors (Lipinski definition) is 4. The van der Waals surface area contributed by atoms with Crippen molar-refractivity contribution in [3.63, 3.8) is 0 Å². The molecule has 1 aliphatic carbocycles. The summed E-state index contributed by atoms with van der Waals surface area (Å²) < 4.78 is 5.71. The van der Waals surface area contributed by atoms with Crippen molar-refractivity contribution in [2.75, 3.05) is 5.73 Å². The van der Waals surface area contributed by atoms with Crippen LogP contribution >= 0.6 is 0 Å². The first kappa shape index (κ1) is 10.7. The van der Waals surface area contributed by atoms with Gasteiger partial charge in [-0.1, -0.05) is 6.08 Å². The van der Waals surface area contributed by atoms with Gasteiger partial charge in [0.25, 0.3) is 0 Å². The van der Waals surface area contributed by atoms with Crippen LogP contribution in [-0.4, -0.2) is 11.0 Å². The zero-order valence-electron chi connectivity index (χ0n) is 9.18. The van der Waals surface area contributed by atoms with Crippen LogP contribution < -0.4 is 16.2 Å². The summed E-state index contributed by atoms with van der Waals surface area (Å²) in [6.07, 6.45) is 6.42. The van der Waals surface area contributed by atoms with Crippen molar-refractivity contribution in [2.45, 2.75) is 19.4 Å². The topological polar surface area (TPSA) is 74.2 Å². The molecule has 84 valence electrons. The Balaban J connectivity index is 2.14. The summed E-state index contributed by atoms with van der Waals surface area (Å²) in [7, 11) is 0. The van der Waals surface area contributed by atoms with Gasteiger partial charge >= 0.3 is 0 Å². The van der Waals surface area contributed by atoms with Crippen LogP contribution in [0.1, 0.15) is 13.3 Å². The van der Waals surface area contributed by atoms with Crippen LogP contribution in [0.5, 0.6) is 5.75 Å². The normalized spacial score (nSPS) is 20.0. The van der Waals surface area contributed by atoms with Crippen molar-refractivity contribution in [2.24, 2.45) is 5.73 Å². The minimum absolute atomic E-state index is 0.0925. The second-order valence-electron chi connectivity index (χ2n) is 3.84. The first-order valence-corrected chi connectivity index (χ1v) is 5.19. The van der Waals surface area contributed by atoms with Crippen LogP contribution in [0, 0.1) is 0 Å². The summed E-state index contributed by atoms with van der Waals surface area (Å²) in [4.78, 5) is 3.91. The standard InChI is InChI=1S/C12H15N3O/c1-8-6-9(13)2-3-11(8)16-10-4-5-15-12(14)7-10/h3-7,9H,2,13H2,1H3,(H2,14,15). The zero-order chi connectivity index (χ0) is 11.5. The number of nitrogen functional groups attached to an aromatic ring is 1. The molecule has 0 aliphatic heterocycles. The van der Waals surface area contributed by atoms with Crippen molar-refractivity contribution in [1.82, 2.24) is 4.98 Å². The molecule has 0 fully saturated rings. The van der Waals surface area contributed by atoms with Gasteiger partial charge in [0.1, 0.15) is 17.3 Å². The summed E-state index contributed by atoms with van der Waals surface area (Å²) in [6, 6.07) is 3.57. The average Bonchev–Trinajstić information content (AvgIpc) is 2.22. The fourth-order valence-corrected chi connectivity index (χ4v) is 1.62. The molecule has 0 saturated carbocycles. The van der Waals surface area contributed by atoms with Gasteiger partial charge in [0.05, 0.1) is 0 Å². The lowest BCUT2D eigenvalue weighted by atomic mass is 10.0. The molecule has 0 saturated heterocycles. The Morgan fingerprint density at radius 3 is 3.00 bits per heavy atom. The lowest BCUT2D eigenvalue weighted by Crippen LogP contribution is -2.20. The molecular formula is C12H15N3O. The average molecular weight is 217 g/mol. The maximum absolute atomic E-state index is 5.80. The van der Waals surface area contributed by atoms with E-state index in [9.17, 15) is 0 Å². The maximum Gasteiger partial charge on any atom is 0.132 e. The third kappa shape index (κ3) is 2.41. The molecule has 0 radical (unpaired) electrons. The quantitative estimate of drug-likeness (QED) is 0.789. The first-order valence-electron chi connectivity index (χ1n) is 5.19. The zero-order valence-corrected chi connectivity index (χ0v) is 9.18. The van der Waals surface area contributed by atoms with Crippen molar-refractivity contribution >= 4 is 5.82 Å². The van der Waals surface area contributed by atoms with Crippen LogP contribution in [0.2, 0.25) is 0 Å². The number of nitrogens with two attached hydrogens (primary N) is 2. The van der Waals surface area contributed by atoms with E-state index in [2.05, 4.69) is 4.98 Å². The summed E-state index contributed by atoms with van der Waals surface area (Å²) in [6.45, 7) is 1.98. The molecule has 2 rings (SSSR count). The van der Waals surface area contributed by atoms with Gasteiger partial charge in [-0.05, 0) is 31.1 Å². The van der Waals surface area contributed by atoms with E-state index < -0.39 is 0 Å². The number of anilines is 1. The van der Waals surface area contributed by atoms with E-state index in [4.69, 9.17) is 16.2 Å². The number of allylic oxidation sites excluding steroid dienone is 1. The van der Waals surface area contributed by atoms with E-state index in [1.54, 1.807) is 18.3 Å². The number of hydrogen-bond donors (Lipinski definition) is 2. The van der Waals surface area contributed by atoms with Crippen LogP contribution in [0.25, 0.3) is 0 Å². The molecule has 1 aromatic heterocycles. The van der Waals surface area contributed by atoms with Crippen LogP contribution in [-0.2, 0) is 0 Å². The lowest BCUT2D eigenvalue weighted by Gasteiger charge is -2.17. The molecule has 4 heteroatoms. The first-order chi connectivity index (χ1) is 7.65. The molecular weight excluding hydrogens is 202 g/mol. The van der Waals surface area contributed by atoms with Gasteiger partial charge in [0.2, 0.25) is 0 Å². The van der Waals surface area contributed by atoms with Crippen molar-refractivity contribution in [3.05, 3.63) is 41.8 Å². The SMILES string of the molecule is CC1=CC(N)CC=C1Oc1ccnc(N)c1. The van der Waals surface area contributed by atoms with E-state index >= 15 is 0 Å². The van der Waals surface area contributed by atoms with E-state index in [1.807, 2.05) is 19.1 Å². The Labute approximate surface area is 94.6 Å². The molecule has 0 bridgehead atoms. The highest BCUT2D eigenvalue weighted by atomic mass is 16.5. The second-order valence-corrected chi connectivity index (χ2v) is 3.84. The monoisotopic (exact) mass is 217 g/mol. The fourth-order valence-electron chi connectivity index (χ4n) is 1.62. The Kier molecular flexibility index (Phi) is 2.92. The number of nitrogens with zero attached hydrogens (tertiary/aromatic N) is 1. The summed E-state index contributed by atoms with van der Waals surface area (Å²) >= 11 is 0. The maximum atomic E-state index is 5.80. The Hall–Kier alpha value is -1.81. The van der Waals surface area contributed by atoms with Crippen LogP contribution in [0.3, 0.4) is 0 Å². The molecule has 4 N–H and O–H groups in total. The second kappa shape index (κ2) is 4.37. The third-order valence-electron chi connectivity index (χ3n) is 2.41. The summed E-state index contributed by atoms with van der Waals surface area (Å²) in [5, 5.41) is 0. The molecule has 16 heavy (non-hydrogen) atoms. The van der Waals surface area contributed by atoms with Crippen molar-refractivity contribution < 1.29 is 4.74 Å². The molecule has 1 atom stereocenters. The number of pyridine rings is 1. The van der Waals surface area contributed by atoms with Gasteiger partial charge in [-0.15, -0.1) is 0 Å². The van der Waals surface area contributed by atoms with Gasteiger partial charge < -0.3 is 16.2 Å². The van der Waals surface area contributed by atoms with Gasteiger partial charge in [-0.2, -0.15) is 0 Å². The molecule has 4 nitrogen and oxygen atoms in total. The van der Waals surface area contributed by atoms with E-state index in [0.29, 0.717) is 11.6 Å². The summed E-state index contributed by atoms with van der Waals surface area (Å²) in [5.41, 5.74) is 12.4. The van der Waals surface area contributed by atoms with E-state index in [1.165, 1.54) is 0 Å². The highest BCUT2D eigenvalue weighted by molar-refractivity contribution is 5.39. The molecule has 0 spiro atoms. The van der Waals surface area contributed by atoms with Crippen LogP contribution in [0.15, 0.2) is 41.8 Å². The number of ether oxygens (including phenoxy) is 1. The predicted molar refractivity (Wildman–Crippen MR) is 63.7 cm³/mol. The molecule has 0 aromatic carbocycles. The van der Waals surface area contributed by atoms with Gasteiger partial charge in [-0.3, -0.25) is 0 Å². The summed E-state index contributed by atoms with van der Waals surface area (Å²) in [5.74, 6) is 1.99. The highest BCUT2D eigenvalue weighted by Gasteiger charge is 2.11.